The molecule has 18 heavy (non-hydrogen) atoms. The molecular weight excluding hydrogens is 230 g/mol. The third kappa shape index (κ3) is 2.66. The highest BCUT2D eigenvalue weighted by Crippen LogP contribution is 2.25. The number of aromatic nitrogens is 1. The molecule has 0 saturated heterocycles. The summed E-state index contributed by atoms with van der Waals surface area (Å²) < 4.78 is 5.56. The third-order valence-electron chi connectivity index (χ3n) is 2.45. The summed E-state index contributed by atoms with van der Waals surface area (Å²) >= 11 is 0. The minimum atomic E-state index is -1.02. The Labute approximate surface area is 105 Å². The van der Waals surface area contributed by atoms with E-state index in [1.165, 1.54) is 12.3 Å². The van der Waals surface area contributed by atoms with Gasteiger partial charge in [-0.2, -0.15) is 0 Å². The lowest BCUT2D eigenvalue weighted by atomic mass is 10.2. The molecule has 0 bridgehead atoms. The standard InChI is InChI=1S/C14H13NO3/c1-9-4-3-5-11(6-9)18-13-8-15-10(2)7-12(13)14(16)17/h3-8H,1-2H3,(H,16,17). The number of aryl methyl sites for hydroxylation is 2. The Morgan fingerprint density at radius 1 is 1.28 bits per heavy atom. The molecule has 1 aromatic heterocycles. The Morgan fingerprint density at radius 2 is 2.06 bits per heavy atom. The van der Waals surface area contributed by atoms with E-state index in [0.717, 1.165) is 5.56 Å². The van der Waals surface area contributed by atoms with Crippen molar-refractivity contribution in [1.82, 2.24) is 4.98 Å². The summed E-state index contributed by atoms with van der Waals surface area (Å²) in [5, 5.41) is 9.11. The van der Waals surface area contributed by atoms with Crippen molar-refractivity contribution in [1.29, 1.82) is 0 Å². The summed E-state index contributed by atoms with van der Waals surface area (Å²) in [4.78, 5) is 15.2. The molecule has 0 atom stereocenters. The first-order valence-corrected chi connectivity index (χ1v) is 5.51. The van der Waals surface area contributed by atoms with Gasteiger partial charge in [-0.15, -0.1) is 0 Å². The van der Waals surface area contributed by atoms with Gasteiger partial charge in [-0.3, -0.25) is 4.98 Å². The molecule has 0 saturated carbocycles. The van der Waals surface area contributed by atoms with E-state index in [4.69, 9.17) is 9.84 Å². The summed E-state index contributed by atoms with van der Waals surface area (Å²) in [5.74, 6) is -0.176. The molecule has 0 radical (unpaired) electrons. The predicted molar refractivity (Wildman–Crippen MR) is 67.2 cm³/mol. The van der Waals surface area contributed by atoms with Crippen LogP contribution in [0.25, 0.3) is 0 Å². The van der Waals surface area contributed by atoms with Gasteiger partial charge >= 0.3 is 5.97 Å². The maximum Gasteiger partial charge on any atom is 0.339 e. The Morgan fingerprint density at radius 3 is 2.72 bits per heavy atom. The van der Waals surface area contributed by atoms with Gasteiger partial charge in [-0.25, -0.2) is 4.79 Å². The second-order valence-corrected chi connectivity index (χ2v) is 4.05. The lowest BCUT2D eigenvalue weighted by Gasteiger charge is -2.09. The molecule has 4 nitrogen and oxygen atoms in total. The van der Waals surface area contributed by atoms with Gasteiger partial charge in [-0.05, 0) is 37.6 Å². The molecule has 1 N–H and O–H groups in total. The van der Waals surface area contributed by atoms with Crippen molar-refractivity contribution in [2.24, 2.45) is 0 Å². The summed E-state index contributed by atoms with van der Waals surface area (Å²) in [6, 6.07) is 8.91. The molecule has 1 heterocycles. The zero-order chi connectivity index (χ0) is 13.1. The number of aromatic carboxylic acids is 1. The van der Waals surface area contributed by atoms with E-state index >= 15 is 0 Å². The van der Waals surface area contributed by atoms with Crippen LogP contribution in [0.4, 0.5) is 0 Å². The first-order chi connectivity index (χ1) is 8.56. The number of rotatable bonds is 3. The van der Waals surface area contributed by atoms with E-state index < -0.39 is 5.97 Å². The van der Waals surface area contributed by atoms with Gasteiger partial charge < -0.3 is 9.84 Å². The lowest BCUT2D eigenvalue weighted by molar-refractivity contribution is 0.0694. The van der Waals surface area contributed by atoms with Crippen molar-refractivity contribution in [2.75, 3.05) is 0 Å². The van der Waals surface area contributed by atoms with Gasteiger partial charge in [0.15, 0.2) is 5.75 Å². The predicted octanol–water partition coefficient (Wildman–Crippen LogP) is 3.19. The van der Waals surface area contributed by atoms with Crippen molar-refractivity contribution in [2.45, 2.75) is 13.8 Å². The number of carboxylic acids is 1. The van der Waals surface area contributed by atoms with Crippen LogP contribution in [0.1, 0.15) is 21.6 Å². The largest absolute Gasteiger partial charge is 0.478 e. The van der Waals surface area contributed by atoms with E-state index in [1.54, 1.807) is 13.0 Å². The molecule has 2 aromatic rings. The van der Waals surface area contributed by atoms with E-state index in [0.29, 0.717) is 11.4 Å². The molecule has 0 spiro atoms. The van der Waals surface area contributed by atoms with Crippen molar-refractivity contribution in [3.63, 3.8) is 0 Å². The number of hydrogen-bond donors (Lipinski definition) is 1. The Kier molecular flexibility index (Phi) is 3.28. The zero-order valence-corrected chi connectivity index (χ0v) is 10.2. The fourth-order valence-electron chi connectivity index (χ4n) is 1.60. The smallest absolute Gasteiger partial charge is 0.339 e. The maximum atomic E-state index is 11.1. The molecule has 0 aliphatic carbocycles. The normalized spacial score (nSPS) is 10.1. The van der Waals surface area contributed by atoms with Gasteiger partial charge in [0.25, 0.3) is 0 Å². The molecular formula is C14H13NO3. The molecule has 1 aromatic carbocycles. The Hall–Kier alpha value is -2.36. The topological polar surface area (TPSA) is 59.4 Å². The minimum absolute atomic E-state index is 0.115. The number of pyridine rings is 1. The van der Waals surface area contributed by atoms with Crippen LogP contribution in [-0.2, 0) is 0 Å². The molecule has 92 valence electrons. The van der Waals surface area contributed by atoms with Gasteiger partial charge in [0.2, 0.25) is 0 Å². The van der Waals surface area contributed by atoms with E-state index in [9.17, 15) is 4.79 Å². The highest BCUT2D eigenvalue weighted by atomic mass is 16.5. The zero-order valence-electron chi connectivity index (χ0n) is 10.2. The van der Waals surface area contributed by atoms with Gasteiger partial charge in [0.05, 0.1) is 6.20 Å². The molecule has 4 heteroatoms. The Bertz CT molecular complexity index is 593. The molecule has 0 amide bonds. The number of carboxylic acid groups (broad SMARTS) is 1. The first kappa shape index (κ1) is 12.1. The average molecular weight is 243 g/mol. The van der Waals surface area contributed by atoms with Crippen molar-refractivity contribution < 1.29 is 14.6 Å². The number of benzene rings is 1. The van der Waals surface area contributed by atoms with Crippen LogP contribution in [0.3, 0.4) is 0 Å². The average Bonchev–Trinajstić information content (AvgIpc) is 2.31. The molecule has 0 unspecified atom stereocenters. The second-order valence-electron chi connectivity index (χ2n) is 4.05. The number of carbonyl (C=O) groups is 1. The number of hydrogen-bond acceptors (Lipinski definition) is 3. The van der Waals surface area contributed by atoms with Crippen LogP contribution in [-0.4, -0.2) is 16.1 Å². The van der Waals surface area contributed by atoms with Crippen molar-refractivity contribution in [3.8, 4) is 11.5 Å². The van der Waals surface area contributed by atoms with Crippen LogP contribution in [0, 0.1) is 13.8 Å². The van der Waals surface area contributed by atoms with Crippen LogP contribution in [0.2, 0.25) is 0 Å². The van der Waals surface area contributed by atoms with Crippen LogP contribution in [0.15, 0.2) is 36.5 Å². The quantitative estimate of drug-likeness (QED) is 0.899. The van der Waals surface area contributed by atoms with Crippen molar-refractivity contribution >= 4 is 5.97 Å². The summed E-state index contributed by atoms with van der Waals surface area (Å²) in [6.07, 6.45) is 1.43. The third-order valence-corrected chi connectivity index (χ3v) is 2.45. The fourth-order valence-corrected chi connectivity index (χ4v) is 1.60. The van der Waals surface area contributed by atoms with Crippen LogP contribution < -0.4 is 4.74 Å². The summed E-state index contributed by atoms with van der Waals surface area (Å²) in [5.41, 5.74) is 1.80. The SMILES string of the molecule is Cc1cccc(Oc2cnc(C)cc2C(=O)O)c1. The Balaban J connectivity index is 2.37. The first-order valence-electron chi connectivity index (χ1n) is 5.51. The highest BCUT2D eigenvalue weighted by Gasteiger charge is 2.13. The number of nitrogens with zero attached hydrogens (tertiary/aromatic N) is 1. The van der Waals surface area contributed by atoms with E-state index in [-0.39, 0.29) is 11.3 Å². The lowest BCUT2D eigenvalue weighted by Crippen LogP contribution is -2.01. The molecule has 0 aliphatic rings. The highest BCUT2D eigenvalue weighted by molar-refractivity contribution is 5.90. The van der Waals surface area contributed by atoms with Crippen LogP contribution in [0.5, 0.6) is 11.5 Å². The summed E-state index contributed by atoms with van der Waals surface area (Å²) in [6.45, 7) is 3.68. The van der Waals surface area contributed by atoms with Gasteiger partial charge in [0, 0.05) is 5.69 Å². The second kappa shape index (κ2) is 4.87. The number of ether oxygens (including phenoxy) is 1. The van der Waals surface area contributed by atoms with Crippen molar-refractivity contribution in [3.05, 3.63) is 53.3 Å². The molecule has 2 rings (SSSR count). The fraction of sp³-hybridized carbons (Fsp3) is 0.143. The van der Waals surface area contributed by atoms with Gasteiger partial charge in [0.1, 0.15) is 11.3 Å². The minimum Gasteiger partial charge on any atom is -0.478 e. The monoisotopic (exact) mass is 243 g/mol. The van der Waals surface area contributed by atoms with E-state index in [1.807, 2.05) is 25.1 Å². The van der Waals surface area contributed by atoms with Crippen LogP contribution >= 0.6 is 0 Å². The molecule has 0 fully saturated rings. The van der Waals surface area contributed by atoms with E-state index in [2.05, 4.69) is 4.98 Å². The maximum absolute atomic E-state index is 11.1. The summed E-state index contributed by atoms with van der Waals surface area (Å²) in [7, 11) is 0. The van der Waals surface area contributed by atoms with Gasteiger partial charge in [-0.1, -0.05) is 12.1 Å². The molecule has 0 aliphatic heterocycles.